The van der Waals surface area contributed by atoms with Crippen molar-refractivity contribution in [1.82, 2.24) is 9.47 Å². The van der Waals surface area contributed by atoms with Crippen LogP contribution < -0.4 is 0 Å². The van der Waals surface area contributed by atoms with E-state index in [4.69, 9.17) is 23.2 Å². The van der Waals surface area contributed by atoms with Crippen molar-refractivity contribution in [1.29, 1.82) is 0 Å². The molecule has 134 valence electrons. The average Bonchev–Trinajstić information content (AvgIpc) is 2.85. The van der Waals surface area contributed by atoms with Crippen LogP contribution in [-0.4, -0.2) is 40.8 Å². The number of hydrogen-bond donors (Lipinski definition) is 1. The van der Waals surface area contributed by atoms with Crippen LogP contribution in [-0.2, 0) is 6.54 Å². The van der Waals surface area contributed by atoms with Gasteiger partial charge in [0.05, 0.1) is 12.6 Å². The van der Waals surface area contributed by atoms with E-state index in [-0.39, 0.29) is 0 Å². The molecule has 0 saturated heterocycles. The standard InChI is InChI=1S/C20H24Cl2N2O/c1-3-4-9-23(2)12-16(25)13-24-19-7-5-14(21)10-17(19)18-11-15(22)6-8-20(18)24/h5-8,10-11,16,25H,3-4,9,12-13H2,1-2H3/t16-/m1/s1. The molecular formula is C20H24Cl2N2O. The zero-order chi connectivity index (χ0) is 18.0. The Labute approximate surface area is 158 Å². The Balaban J connectivity index is 1.94. The van der Waals surface area contributed by atoms with Gasteiger partial charge in [-0.05, 0) is 56.4 Å². The van der Waals surface area contributed by atoms with Crippen molar-refractivity contribution in [2.24, 2.45) is 0 Å². The molecule has 0 fully saturated rings. The highest BCUT2D eigenvalue weighted by molar-refractivity contribution is 6.33. The predicted octanol–water partition coefficient (Wildman–Crippen LogP) is 5.19. The molecule has 1 aromatic heterocycles. The molecule has 3 nitrogen and oxygen atoms in total. The van der Waals surface area contributed by atoms with Gasteiger partial charge in [0.25, 0.3) is 0 Å². The molecule has 0 amide bonds. The van der Waals surface area contributed by atoms with E-state index in [0.29, 0.717) is 23.1 Å². The van der Waals surface area contributed by atoms with E-state index < -0.39 is 6.10 Å². The molecule has 1 atom stereocenters. The molecule has 3 rings (SSSR count). The fraction of sp³-hybridized carbons (Fsp3) is 0.400. The number of hydrogen-bond acceptors (Lipinski definition) is 2. The van der Waals surface area contributed by atoms with Gasteiger partial charge in [0.2, 0.25) is 0 Å². The molecule has 0 unspecified atom stereocenters. The highest BCUT2D eigenvalue weighted by atomic mass is 35.5. The summed E-state index contributed by atoms with van der Waals surface area (Å²) in [5, 5.41) is 14.1. The first-order valence-corrected chi connectivity index (χ1v) is 9.48. The molecule has 3 aromatic rings. The number of unbranched alkanes of at least 4 members (excludes halogenated alkanes) is 1. The summed E-state index contributed by atoms with van der Waals surface area (Å²) in [4.78, 5) is 2.19. The fourth-order valence-electron chi connectivity index (χ4n) is 3.39. The van der Waals surface area contributed by atoms with Crippen molar-refractivity contribution >= 4 is 45.0 Å². The maximum atomic E-state index is 10.6. The first-order chi connectivity index (χ1) is 12.0. The van der Waals surface area contributed by atoms with E-state index in [2.05, 4.69) is 23.4 Å². The second kappa shape index (κ2) is 7.96. The van der Waals surface area contributed by atoms with Gasteiger partial charge in [-0.2, -0.15) is 0 Å². The summed E-state index contributed by atoms with van der Waals surface area (Å²) >= 11 is 12.4. The monoisotopic (exact) mass is 378 g/mol. The minimum absolute atomic E-state index is 0.438. The smallest absolute Gasteiger partial charge is 0.0845 e. The summed E-state index contributed by atoms with van der Waals surface area (Å²) in [5.41, 5.74) is 2.13. The van der Waals surface area contributed by atoms with Crippen molar-refractivity contribution in [2.45, 2.75) is 32.4 Å². The Hall–Kier alpha value is -1.26. The topological polar surface area (TPSA) is 28.4 Å². The Morgan fingerprint density at radius 1 is 1.04 bits per heavy atom. The van der Waals surface area contributed by atoms with Crippen molar-refractivity contribution in [3.05, 3.63) is 46.4 Å². The molecule has 1 N–H and O–H groups in total. The number of aromatic nitrogens is 1. The third-order valence-electron chi connectivity index (χ3n) is 4.60. The van der Waals surface area contributed by atoms with E-state index in [1.54, 1.807) is 0 Å². The largest absolute Gasteiger partial charge is 0.390 e. The van der Waals surface area contributed by atoms with Crippen LogP contribution in [0.2, 0.25) is 10.0 Å². The van der Waals surface area contributed by atoms with Crippen molar-refractivity contribution in [3.8, 4) is 0 Å². The minimum atomic E-state index is -0.438. The summed E-state index contributed by atoms with van der Waals surface area (Å²) in [5.74, 6) is 0. The van der Waals surface area contributed by atoms with Crippen LogP contribution in [0.15, 0.2) is 36.4 Å². The maximum absolute atomic E-state index is 10.6. The molecule has 0 saturated carbocycles. The molecule has 0 aliphatic carbocycles. The third-order valence-corrected chi connectivity index (χ3v) is 5.07. The molecule has 5 heteroatoms. The second-order valence-corrected chi connectivity index (χ2v) is 7.58. The molecule has 1 heterocycles. The van der Waals surface area contributed by atoms with Gasteiger partial charge in [-0.1, -0.05) is 36.5 Å². The summed E-state index contributed by atoms with van der Waals surface area (Å²) < 4.78 is 2.16. The normalized spacial score (nSPS) is 13.2. The highest BCUT2D eigenvalue weighted by Gasteiger charge is 2.15. The van der Waals surface area contributed by atoms with Crippen LogP contribution in [0.1, 0.15) is 19.8 Å². The van der Waals surface area contributed by atoms with Crippen molar-refractivity contribution < 1.29 is 5.11 Å². The number of rotatable bonds is 7. The van der Waals surface area contributed by atoms with Gasteiger partial charge < -0.3 is 14.6 Å². The van der Waals surface area contributed by atoms with Crippen LogP contribution in [0.4, 0.5) is 0 Å². The highest BCUT2D eigenvalue weighted by Crippen LogP contribution is 2.33. The van der Waals surface area contributed by atoms with Crippen LogP contribution >= 0.6 is 23.2 Å². The molecule has 0 radical (unpaired) electrons. The first kappa shape index (κ1) is 18.5. The maximum Gasteiger partial charge on any atom is 0.0845 e. The molecule has 0 aliphatic heterocycles. The number of halogens is 2. The van der Waals surface area contributed by atoms with E-state index in [1.807, 2.05) is 36.4 Å². The Morgan fingerprint density at radius 2 is 1.60 bits per heavy atom. The summed E-state index contributed by atoms with van der Waals surface area (Å²) in [7, 11) is 2.06. The van der Waals surface area contributed by atoms with E-state index in [9.17, 15) is 5.11 Å². The molecule has 2 aromatic carbocycles. The van der Waals surface area contributed by atoms with Crippen molar-refractivity contribution in [2.75, 3.05) is 20.1 Å². The average molecular weight is 379 g/mol. The first-order valence-electron chi connectivity index (χ1n) is 8.73. The molecule has 0 bridgehead atoms. The lowest BCUT2D eigenvalue weighted by atomic mass is 10.1. The van der Waals surface area contributed by atoms with E-state index >= 15 is 0 Å². The lowest BCUT2D eigenvalue weighted by molar-refractivity contribution is 0.111. The molecule has 0 spiro atoms. The fourth-order valence-corrected chi connectivity index (χ4v) is 3.74. The number of likely N-dealkylation sites (N-methyl/N-ethyl adjacent to an activating group) is 1. The molecule has 0 aliphatic rings. The van der Waals surface area contributed by atoms with Crippen LogP contribution in [0.3, 0.4) is 0 Å². The van der Waals surface area contributed by atoms with Crippen LogP contribution in [0.25, 0.3) is 21.8 Å². The molecular weight excluding hydrogens is 355 g/mol. The van der Waals surface area contributed by atoms with E-state index in [1.165, 1.54) is 0 Å². The van der Waals surface area contributed by atoms with Gasteiger partial charge >= 0.3 is 0 Å². The number of aliphatic hydroxyl groups excluding tert-OH is 1. The lowest BCUT2D eigenvalue weighted by Gasteiger charge is -2.21. The lowest BCUT2D eigenvalue weighted by Crippen LogP contribution is -2.32. The Kier molecular flexibility index (Phi) is 5.90. The second-order valence-electron chi connectivity index (χ2n) is 6.70. The number of nitrogens with zero attached hydrogens (tertiary/aromatic N) is 2. The van der Waals surface area contributed by atoms with Gasteiger partial charge in [0.15, 0.2) is 0 Å². The van der Waals surface area contributed by atoms with E-state index in [0.717, 1.165) is 41.2 Å². The predicted molar refractivity (Wildman–Crippen MR) is 108 cm³/mol. The zero-order valence-electron chi connectivity index (χ0n) is 14.7. The number of aliphatic hydroxyl groups is 1. The van der Waals surface area contributed by atoms with Gasteiger partial charge in [-0.3, -0.25) is 0 Å². The van der Waals surface area contributed by atoms with Gasteiger partial charge in [-0.25, -0.2) is 0 Å². The van der Waals surface area contributed by atoms with Gasteiger partial charge in [0, 0.05) is 38.4 Å². The molecule has 25 heavy (non-hydrogen) atoms. The minimum Gasteiger partial charge on any atom is -0.390 e. The third kappa shape index (κ3) is 4.12. The zero-order valence-corrected chi connectivity index (χ0v) is 16.2. The SMILES string of the molecule is CCCCN(C)C[C@@H](O)Cn1c2ccc(Cl)cc2c2cc(Cl)ccc21. The Bertz CT molecular complexity index is 816. The summed E-state index contributed by atoms with van der Waals surface area (Å²) in [6.45, 7) is 4.38. The summed E-state index contributed by atoms with van der Waals surface area (Å²) in [6, 6.07) is 11.7. The van der Waals surface area contributed by atoms with Crippen LogP contribution in [0.5, 0.6) is 0 Å². The quantitative estimate of drug-likeness (QED) is 0.612. The van der Waals surface area contributed by atoms with Gasteiger partial charge in [0.1, 0.15) is 0 Å². The summed E-state index contributed by atoms with van der Waals surface area (Å²) in [6.07, 6.45) is 1.87. The van der Waals surface area contributed by atoms with Crippen molar-refractivity contribution in [3.63, 3.8) is 0 Å². The van der Waals surface area contributed by atoms with Gasteiger partial charge in [-0.15, -0.1) is 0 Å². The number of fused-ring (bicyclic) bond motifs is 3. The Morgan fingerprint density at radius 3 is 2.12 bits per heavy atom. The number of benzene rings is 2. The van der Waals surface area contributed by atoms with Crippen LogP contribution in [0, 0.1) is 0 Å².